The van der Waals surface area contributed by atoms with Gasteiger partial charge in [-0.05, 0) is 30.2 Å². The molecule has 2 rings (SSSR count). The van der Waals surface area contributed by atoms with Crippen LogP contribution in [-0.2, 0) is 9.47 Å². The molecule has 7 heteroatoms. The first kappa shape index (κ1) is 21.8. The van der Waals surface area contributed by atoms with Gasteiger partial charge in [0.15, 0.2) is 0 Å². The molecule has 1 N–H and O–H groups in total. The number of β-amino-alcohol motifs (C(OH)–C–C–N with tert-alkyl or cyclic N) is 1. The van der Waals surface area contributed by atoms with Crippen molar-refractivity contribution in [2.24, 2.45) is 5.92 Å². The van der Waals surface area contributed by atoms with Crippen molar-refractivity contribution in [2.75, 3.05) is 53.0 Å². The average Bonchev–Trinajstić information content (AvgIpc) is 2.65. The predicted octanol–water partition coefficient (Wildman–Crippen LogP) is 1.63. The Morgan fingerprint density at radius 1 is 1.41 bits per heavy atom. The number of carbonyl (C=O) groups excluding carboxylic acids is 1. The molecule has 0 radical (unpaired) electrons. The molecule has 2 atom stereocenters. The molecule has 0 bridgehead atoms. The third-order valence-electron chi connectivity index (χ3n) is 4.81. The monoisotopic (exact) mass is 382 g/mol. The molecule has 1 aliphatic rings. The topological polar surface area (TPSA) is 62.2 Å². The molecule has 1 aromatic rings. The lowest BCUT2D eigenvalue weighted by atomic mass is 10.1. The molecular weight excluding hydrogens is 351 g/mol. The summed E-state index contributed by atoms with van der Waals surface area (Å²) >= 11 is 0. The Morgan fingerprint density at radius 3 is 2.74 bits per heavy atom. The van der Waals surface area contributed by atoms with Gasteiger partial charge in [0.25, 0.3) is 5.91 Å². The molecule has 1 aromatic carbocycles. The third kappa shape index (κ3) is 6.84. The number of morpholine rings is 1. The highest BCUT2D eigenvalue weighted by atomic mass is 19.1. The van der Waals surface area contributed by atoms with Crippen molar-refractivity contribution in [3.8, 4) is 0 Å². The molecule has 1 fully saturated rings. The lowest BCUT2D eigenvalue weighted by Crippen LogP contribution is -2.51. The van der Waals surface area contributed by atoms with Crippen molar-refractivity contribution in [1.82, 2.24) is 9.80 Å². The number of hydrogen-bond acceptors (Lipinski definition) is 5. The number of aliphatic hydroxyl groups excluding tert-OH is 1. The molecule has 1 heterocycles. The van der Waals surface area contributed by atoms with Gasteiger partial charge >= 0.3 is 0 Å². The van der Waals surface area contributed by atoms with Gasteiger partial charge in [-0.15, -0.1) is 0 Å². The van der Waals surface area contributed by atoms with Gasteiger partial charge in [0.2, 0.25) is 0 Å². The zero-order chi connectivity index (χ0) is 19.8. The molecule has 0 saturated carbocycles. The fourth-order valence-corrected chi connectivity index (χ4v) is 3.03. The number of halogens is 1. The van der Waals surface area contributed by atoms with E-state index in [9.17, 15) is 14.3 Å². The highest BCUT2D eigenvalue weighted by molar-refractivity contribution is 5.94. The Morgan fingerprint density at radius 2 is 2.11 bits per heavy atom. The van der Waals surface area contributed by atoms with Gasteiger partial charge in [-0.3, -0.25) is 9.69 Å². The van der Waals surface area contributed by atoms with E-state index in [-0.39, 0.29) is 29.9 Å². The van der Waals surface area contributed by atoms with Gasteiger partial charge in [0, 0.05) is 45.4 Å². The summed E-state index contributed by atoms with van der Waals surface area (Å²) in [6.07, 6.45) is -0.520. The lowest BCUT2D eigenvalue weighted by molar-refractivity contribution is -0.0551. The Bertz CT molecular complexity index is 582. The maximum Gasteiger partial charge on any atom is 0.254 e. The van der Waals surface area contributed by atoms with Gasteiger partial charge in [-0.2, -0.15) is 0 Å². The highest BCUT2D eigenvalue weighted by Gasteiger charge is 2.27. The number of nitrogens with zero attached hydrogens (tertiary/aromatic N) is 2. The summed E-state index contributed by atoms with van der Waals surface area (Å²) in [5, 5.41) is 10.1. The van der Waals surface area contributed by atoms with E-state index in [1.54, 1.807) is 12.0 Å². The Kier molecular flexibility index (Phi) is 8.63. The first-order valence-corrected chi connectivity index (χ1v) is 9.46. The molecule has 1 amide bonds. The van der Waals surface area contributed by atoms with Crippen LogP contribution in [0.2, 0.25) is 0 Å². The number of ether oxygens (including phenoxy) is 2. The summed E-state index contributed by atoms with van der Waals surface area (Å²) in [7, 11) is 1.59. The number of aliphatic hydroxyl groups is 1. The van der Waals surface area contributed by atoms with Crippen LogP contribution in [0.15, 0.2) is 24.3 Å². The number of methoxy groups -OCH3 is 1. The summed E-state index contributed by atoms with van der Waals surface area (Å²) in [5.41, 5.74) is 0.440. The molecule has 0 aliphatic carbocycles. The minimum Gasteiger partial charge on any atom is -0.392 e. The van der Waals surface area contributed by atoms with Crippen LogP contribution in [0.25, 0.3) is 0 Å². The van der Waals surface area contributed by atoms with Crippen LogP contribution in [0.4, 0.5) is 4.39 Å². The minimum absolute atomic E-state index is 0.139. The van der Waals surface area contributed by atoms with E-state index >= 15 is 0 Å². The molecule has 2 unspecified atom stereocenters. The van der Waals surface area contributed by atoms with Crippen molar-refractivity contribution >= 4 is 5.91 Å². The summed E-state index contributed by atoms with van der Waals surface area (Å²) in [5.74, 6) is -0.343. The second kappa shape index (κ2) is 10.7. The normalized spacial score (nSPS) is 19.3. The summed E-state index contributed by atoms with van der Waals surface area (Å²) < 4.78 is 24.1. The van der Waals surface area contributed by atoms with Crippen LogP contribution in [0.3, 0.4) is 0 Å². The van der Waals surface area contributed by atoms with E-state index in [0.29, 0.717) is 45.0 Å². The molecule has 0 spiro atoms. The number of carbonyl (C=O) groups is 1. The summed E-state index contributed by atoms with van der Waals surface area (Å²) in [6, 6.07) is 5.55. The Labute approximate surface area is 160 Å². The number of benzene rings is 1. The minimum atomic E-state index is -0.380. The maximum atomic E-state index is 13.1. The Balaban J connectivity index is 1.99. The quantitative estimate of drug-likeness (QED) is 0.703. The molecule has 0 aromatic heterocycles. The van der Waals surface area contributed by atoms with Crippen LogP contribution in [0.5, 0.6) is 0 Å². The molecular formula is C20H31FN2O4. The Hall–Kier alpha value is -1.54. The van der Waals surface area contributed by atoms with Crippen molar-refractivity contribution in [2.45, 2.75) is 26.1 Å². The zero-order valence-corrected chi connectivity index (χ0v) is 16.4. The van der Waals surface area contributed by atoms with Crippen molar-refractivity contribution in [1.29, 1.82) is 0 Å². The second-order valence-corrected chi connectivity index (χ2v) is 7.31. The third-order valence-corrected chi connectivity index (χ3v) is 4.81. The first-order valence-electron chi connectivity index (χ1n) is 9.46. The van der Waals surface area contributed by atoms with Gasteiger partial charge in [-0.1, -0.05) is 13.8 Å². The van der Waals surface area contributed by atoms with Crippen molar-refractivity contribution < 1.29 is 23.8 Å². The first-order chi connectivity index (χ1) is 12.9. The fourth-order valence-electron chi connectivity index (χ4n) is 3.03. The zero-order valence-electron chi connectivity index (χ0n) is 16.4. The van der Waals surface area contributed by atoms with E-state index in [1.807, 2.05) is 13.8 Å². The number of rotatable bonds is 9. The van der Waals surface area contributed by atoms with E-state index < -0.39 is 0 Å². The van der Waals surface area contributed by atoms with Crippen LogP contribution in [0.1, 0.15) is 24.2 Å². The van der Waals surface area contributed by atoms with Crippen molar-refractivity contribution in [3.63, 3.8) is 0 Å². The number of hydrogen-bond donors (Lipinski definition) is 1. The largest absolute Gasteiger partial charge is 0.392 e. The van der Waals surface area contributed by atoms with Gasteiger partial charge in [-0.25, -0.2) is 4.39 Å². The molecule has 27 heavy (non-hydrogen) atoms. The maximum absolute atomic E-state index is 13.1. The highest BCUT2D eigenvalue weighted by Crippen LogP contribution is 2.13. The van der Waals surface area contributed by atoms with E-state index in [1.165, 1.54) is 24.3 Å². The lowest BCUT2D eigenvalue weighted by Gasteiger charge is -2.37. The SMILES string of the molecule is COCCN(CC1CN(CC(O)C(C)C)CCO1)C(=O)c1ccc(F)cc1. The van der Waals surface area contributed by atoms with Crippen LogP contribution < -0.4 is 0 Å². The van der Waals surface area contributed by atoms with Gasteiger partial charge in [0.05, 0.1) is 25.4 Å². The summed E-state index contributed by atoms with van der Waals surface area (Å²) in [4.78, 5) is 16.7. The van der Waals surface area contributed by atoms with Crippen LogP contribution >= 0.6 is 0 Å². The molecule has 1 aliphatic heterocycles. The van der Waals surface area contributed by atoms with Crippen LogP contribution in [0, 0.1) is 11.7 Å². The molecule has 6 nitrogen and oxygen atoms in total. The molecule has 1 saturated heterocycles. The standard InChI is InChI=1S/C20H31FN2O4/c1-15(2)19(24)14-22-8-11-27-18(12-22)13-23(9-10-26-3)20(25)16-4-6-17(21)7-5-16/h4-7,15,18-19,24H,8-14H2,1-3H3. The smallest absolute Gasteiger partial charge is 0.254 e. The van der Waals surface area contributed by atoms with E-state index in [4.69, 9.17) is 9.47 Å². The number of amides is 1. The average molecular weight is 382 g/mol. The van der Waals surface area contributed by atoms with E-state index in [2.05, 4.69) is 4.90 Å². The predicted molar refractivity (Wildman–Crippen MR) is 101 cm³/mol. The molecule has 152 valence electrons. The second-order valence-electron chi connectivity index (χ2n) is 7.31. The van der Waals surface area contributed by atoms with Crippen LogP contribution in [-0.4, -0.2) is 86.1 Å². The van der Waals surface area contributed by atoms with Gasteiger partial charge in [0.1, 0.15) is 5.82 Å². The summed E-state index contributed by atoms with van der Waals surface area (Å²) in [6.45, 7) is 7.85. The van der Waals surface area contributed by atoms with Crippen molar-refractivity contribution in [3.05, 3.63) is 35.6 Å². The van der Waals surface area contributed by atoms with E-state index in [0.717, 1.165) is 6.54 Å². The fraction of sp³-hybridized carbons (Fsp3) is 0.650. The van der Waals surface area contributed by atoms with Gasteiger partial charge < -0.3 is 19.5 Å².